The van der Waals surface area contributed by atoms with Crippen molar-refractivity contribution in [3.63, 3.8) is 0 Å². The van der Waals surface area contributed by atoms with Gasteiger partial charge < -0.3 is 19.9 Å². The Kier molecular flexibility index (Phi) is 8.86. The number of morpholine rings is 1. The molecule has 9 nitrogen and oxygen atoms in total. The molecule has 0 bridgehead atoms. The van der Waals surface area contributed by atoms with Crippen molar-refractivity contribution in [2.24, 2.45) is 0 Å². The normalized spacial score (nSPS) is 14.5. The number of nitrogens with zero attached hydrogens (tertiary/aromatic N) is 1. The molecule has 1 aliphatic heterocycles. The number of phenols is 1. The van der Waals surface area contributed by atoms with Gasteiger partial charge in [-0.05, 0) is 54.1 Å². The molecule has 13 heteroatoms. The van der Waals surface area contributed by atoms with Crippen molar-refractivity contribution in [3.8, 4) is 22.6 Å². The summed E-state index contributed by atoms with van der Waals surface area (Å²) in [4.78, 5) is 15.2. The van der Waals surface area contributed by atoms with Gasteiger partial charge >= 0.3 is 6.18 Å². The number of hydrogen-bond acceptors (Lipinski definition) is 7. The minimum absolute atomic E-state index is 0.106. The summed E-state index contributed by atoms with van der Waals surface area (Å²) in [5.74, 6) is -0.556. The van der Waals surface area contributed by atoms with Gasteiger partial charge in [0.2, 0.25) is 10.0 Å². The first kappa shape index (κ1) is 29.2. The van der Waals surface area contributed by atoms with Crippen LogP contribution in [-0.4, -0.2) is 70.0 Å². The fraction of sp³-hybridized carbons (Fsp3) is 0.296. The Hall–Kier alpha value is -3.81. The van der Waals surface area contributed by atoms with Gasteiger partial charge in [-0.3, -0.25) is 14.4 Å². The second-order valence-electron chi connectivity index (χ2n) is 9.15. The number of amides is 1. The highest BCUT2D eigenvalue weighted by Gasteiger charge is 2.30. The van der Waals surface area contributed by atoms with Gasteiger partial charge in [0.25, 0.3) is 5.91 Å². The van der Waals surface area contributed by atoms with Crippen LogP contribution in [-0.2, 0) is 20.9 Å². The Bertz CT molecular complexity index is 1460. The molecule has 0 radical (unpaired) electrons. The van der Waals surface area contributed by atoms with Crippen LogP contribution in [0.3, 0.4) is 0 Å². The second-order valence-corrected chi connectivity index (χ2v) is 10.9. The maximum absolute atomic E-state index is 13.1. The molecule has 0 spiro atoms. The average molecular weight is 580 g/mol. The number of carbonyl (C=O) groups excluding carboxylic acids is 1. The minimum Gasteiger partial charge on any atom is -0.506 e. The van der Waals surface area contributed by atoms with E-state index < -0.39 is 27.7 Å². The summed E-state index contributed by atoms with van der Waals surface area (Å²) in [6.45, 7) is 3.60. The van der Waals surface area contributed by atoms with Gasteiger partial charge in [0.05, 0.1) is 30.7 Å². The third kappa shape index (κ3) is 7.87. The molecular weight excluding hydrogens is 551 g/mol. The lowest BCUT2D eigenvalue weighted by molar-refractivity contribution is -0.137. The van der Waals surface area contributed by atoms with E-state index in [1.165, 1.54) is 42.5 Å². The topological polar surface area (TPSA) is 117 Å². The van der Waals surface area contributed by atoms with Crippen LogP contribution in [0.5, 0.6) is 11.5 Å². The summed E-state index contributed by atoms with van der Waals surface area (Å²) in [6, 6.07) is 13.2. The van der Waals surface area contributed by atoms with Gasteiger partial charge in [-0.15, -0.1) is 0 Å². The third-order valence-corrected chi connectivity index (χ3v) is 6.68. The van der Waals surface area contributed by atoms with Crippen molar-refractivity contribution in [2.75, 3.05) is 55.7 Å². The Morgan fingerprint density at radius 3 is 2.40 bits per heavy atom. The number of alkyl halides is 3. The number of nitrogens with one attached hydrogen (secondary N) is 2. The summed E-state index contributed by atoms with van der Waals surface area (Å²) in [6.07, 6.45) is -3.54. The molecule has 1 saturated heterocycles. The van der Waals surface area contributed by atoms with Crippen molar-refractivity contribution in [3.05, 3.63) is 71.8 Å². The van der Waals surface area contributed by atoms with E-state index in [9.17, 15) is 31.5 Å². The maximum atomic E-state index is 13.1. The molecule has 1 aliphatic rings. The summed E-state index contributed by atoms with van der Waals surface area (Å²) in [5, 5.41) is 12.6. The fourth-order valence-electron chi connectivity index (χ4n) is 4.07. The molecule has 3 aromatic rings. The highest BCUT2D eigenvalue weighted by Crippen LogP contribution is 2.35. The van der Waals surface area contributed by atoms with Crippen molar-refractivity contribution in [2.45, 2.75) is 6.18 Å². The van der Waals surface area contributed by atoms with Crippen molar-refractivity contribution >= 4 is 27.3 Å². The molecule has 1 heterocycles. The summed E-state index contributed by atoms with van der Waals surface area (Å²) < 4.78 is 75.9. The molecule has 0 saturated carbocycles. The molecular formula is C27H28F3N3O6S. The summed E-state index contributed by atoms with van der Waals surface area (Å²) in [5.41, 5.74) is 0.525. The highest BCUT2D eigenvalue weighted by molar-refractivity contribution is 7.92. The predicted molar refractivity (Wildman–Crippen MR) is 144 cm³/mol. The van der Waals surface area contributed by atoms with Gasteiger partial charge in [-0.1, -0.05) is 12.1 Å². The zero-order chi connectivity index (χ0) is 28.9. The molecule has 3 aromatic carbocycles. The predicted octanol–water partition coefficient (Wildman–Crippen LogP) is 4.41. The van der Waals surface area contributed by atoms with Gasteiger partial charge in [0.1, 0.15) is 18.1 Å². The summed E-state index contributed by atoms with van der Waals surface area (Å²) in [7, 11) is -3.67. The van der Waals surface area contributed by atoms with Crippen LogP contribution in [0.15, 0.2) is 60.7 Å². The largest absolute Gasteiger partial charge is 0.506 e. The molecule has 1 amide bonds. The Balaban J connectivity index is 1.58. The third-order valence-electron chi connectivity index (χ3n) is 6.09. The average Bonchev–Trinajstić information content (AvgIpc) is 2.90. The van der Waals surface area contributed by atoms with Crippen LogP contribution in [0.4, 0.5) is 24.5 Å². The van der Waals surface area contributed by atoms with Gasteiger partial charge in [0.15, 0.2) is 0 Å². The number of aromatic hydroxyl groups is 1. The number of rotatable bonds is 9. The number of ether oxygens (including phenoxy) is 2. The van der Waals surface area contributed by atoms with Crippen LogP contribution in [0.2, 0.25) is 0 Å². The molecule has 3 N–H and O–H groups in total. The van der Waals surface area contributed by atoms with Crippen LogP contribution in [0.1, 0.15) is 15.9 Å². The van der Waals surface area contributed by atoms with Gasteiger partial charge in [-0.2, -0.15) is 13.2 Å². The Morgan fingerprint density at radius 2 is 1.75 bits per heavy atom. The lowest BCUT2D eigenvalue weighted by Gasteiger charge is -2.26. The lowest BCUT2D eigenvalue weighted by atomic mass is 10.0. The van der Waals surface area contributed by atoms with Crippen molar-refractivity contribution in [1.82, 2.24) is 4.90 Å². The quantitative estimate of drug-likeness (QED) is 0.254. The monoisotopic (exact) mass is 579 g/mol. The zero-order valence-electron chi connectivity index (χ0n) is 21.5. The maximum Gasteiger partial charge on any atom is 0.416 e. The number of halogens is 3. The number of anilines is 2. The highest BCUT2D eigenvalue weighted by atomic mass is 32.2. The van der Waals surface area contributed by atoms with E-state index in [2.05, 4.69) is 14.9 Å². The van der Waals surface area contributed by atoms with Crippen LogP contribution in [0, 0.1) is 0 Å². The van der Waals surface area contributed by atoms with E-state index in [4.69, 9.17) is 9.47 Å². The van der Waals surface area contributed by atoms with E-state index in [0.717, 1.165) is 31.5 Å². The number of hydrogen-bond donors (Lipinski definition) is 3. The van der Waals surface area contributed by atoms with Crippen LogP contribution < -0.4 is 14.8 Å². The van der Waals surface area contributed by atoms with Gasteiger partial charge in [0, 0.05) is 36.4 Å². The van der Waals surface area contributed by atoms with Gasteiger partial charge in [-0.25, -0.2) is 8.42 Å². The Morgan fingerprint density at radius 1 is 1.05 bits per heavy atom. The van der Waals surface area contributed by atoms with Crippen molar-refractivity contribution < 1.29 is 41.0 Å². The van der Waals surface area contributed by atoms with E-state index in [-0.39, 0.29) is 29.3 Å². The Labute approximate surface area is 229 Å². The summed E-state index contributed by atoms with van der Waals surface area (Å²) >= 11 is 0. The van der Waals surface area contributed by atoms with E-state index in [1.54, 1.807) is 6.07 Å². The first-order valence-electron chi connectivity index (χ1n) is 12.3. The molecule has 40 heavy (non-hydrogen) atoms. The molecule has 0 aromatic heterocycles. The number of sulfonamides is 1. The first-order valence-corrected chi connectivity index (χ1v) is 14.1. The number of benzene rings is 3. The molecule has 0 atom stereocenters. The van der Waals surface area contributed by atoms with Crippen molar-refractivity contribution in [1.29, 1.82) is 0 Å². The van der Waals surface area contributed by atoms with Crippen LogP contribution in [0.25, 0.3) is 11.1 Å². The standard InChI is InChI=1S/C27H28F3N3O6S/c1-40(36,37)32-23-17-21(7-9-24(23)34)31-26(35)19-4-8-22(18-2-5-20(6-3-18)27(28,29)30)25(16-19)39-15-12-33-10-13-38-14-11-33/h2-9,16-17,32,34H,10-15H2,1H3,(H,31,35). The first-order chi connectivity index (χ1) is 18.9. The molecule has 4 rings (SSSR count). The molecule has 0 unspecified atom stereocenters. The zero-order valence-corrected chi connectivity index (χ0v) is 22.3. The number of carbonyl (C=O) groups is 1. The minimum atomic E-state index is -4.47. The lowest BCUT2D eigenvalue weighted by Crippen LogP contribution is -2.38. The van der Waals surface area contributed by atoms with Crippen LogP contribution >= 0.6 is 0 Å². The van der Waals surface area contributed by atoms with E-state index in [1.807, 2.05) is 0 Å². The fourth-order valence-corrected chi connectivity index (χ4v) is 4.63. The molecule has 1 fully saturated rings. The van der Waals surface area contributed by atoms with E-state index >= 15 is 0 Å². The van der Waals surface area contributed by atoms with E-state index in [0.29, 0.717) is 36.6 Å². The SMILES string of the molecule is CS(=O)(=O)Nc1cc(NC(=O)c2ccc(-c3ccc(C(F)(F)F)cc3)c(OCCN3CCOCC3)c2)ccc1O. The smallest absolute Gasteiger partial charge is 0.416 e. The number of phenolic OH excluding ortho intramolecular Hbond substituents is 1. The molecule has 214 valence electrons. The second kappa shape index (κ2) is 12.1. The molecule has 0 aliphatic carbocycles.